The number of carbonyl (C=O) groups excluding carboxylic acids is 3. The summed E-state index contributed by atoms with van der Waals surface area (Å²) in [6.07, 6.45) is 0.263. The van der Waals surface area contributed by atoms with Crippen molar-refractivity contribution >= 4 is 23.3 Å². The van der Waals surface area contributed by atoms with Crippen molar-refractivity contribution in [2.45, 2.75) is 12.8 Å². The maximum absolute atomic E-state index is 12.3. The Morgan fingerprint density at radius 1 is 1.19 bits per heavy atom. The van der Waals surface area contributed by atoms with Crippen molar-refractivity contribution in [3.05, 3.63) is 23.8 Å². The molecule has 2 aliphatic heterocycles. The van der Waals surface area contributed by atoms with E-state index in [4.69, 9.17) is 9.47 Å². The Labute approximate surface area is 151 Å². The number of carbonyl (C=O) groups is 3. The molecular formula is C18H23N3O5. The summed E-state index contributed by atoms with van der Waals surface area (Å²) >= 11 is 0. The lowest BCUT2D eigenvalue weighted by molar-refractivity contribution is -0.121. The molecule has 1 saturated heterocycles. The number of nitrogens with one attached hydrogen (secondary N) is 2. The number of morpholine rings is 1. The highest BCUT2D eigenvalue weighted by Gasteiger charge is 2.18. The zero-order valence-electron chi connectivity index (χ0n) is 14.6. The minimum Gasteiger partial charge on any atom is -0.482 e. The van der Waals surface area contributed by atoms with E-state index in [1.807, 2.05) is 0 Å². The van der Waals surface area contributed by atoms with E-state index in [-0.39, 0.29) is 37.0 Å². The average molecular weight is 361 g/mol. The topological polar surface area (TPSA) is 97.0 Å². The summed E-state index contributed by atoms with van der Waals surface area (Å²) in [5.41, 5.74) is 0.942. The Hall–Kier alpha value is -2.45. The fourth-order valence-electron chi connectivity index (χ4n) is 2.89. The Balaban J connectivity index is 1.41. The van der Waals surface area contributed by atoms with Crippen LogP contribution in [0.5, 0.6) is 5.75 Å². The van der Waals surface area contributed by atoms with Gasteiger partial charge in [0, 0.05) is 44.6 Å². The van der Waals surface area contributed by atoms with E-state index in [2.05, 4.69) is 15.5 Å². The Morgan fingerprint density at radius 2 is 2.00 bits per heavy atom. The van der Waals surface area contributed by atoms with Crippen LogP contribution in [0.3, 0.4) is 0 Å². The van der Waals surface area contributed by atoms with Crippen LogP contribution in [0, 0.1) is 0 Å². The van der Waals surface area contributed by atoms with Gasteiger partial charge in [0.05, 0.1) is 18.9 Å². The summed E-state index contributed by atoms with van der Waals surface area (Å²) in [5, 5.41) is 5.51. The van der Waals surface area contributed by atoms with Gasteiger partial charge in [0.15, 0.2) is 12.4 Å². The molecule has 0 spiro atoms. The summed E-state index contributed by atoms with van der Waals surface area (Å²) in [7, 11) is 0. The van der Waals surface area contributed by atoms with Gasteiger partial charge in [0.1, 0.15) is 5.75 Å². The standard InChI is InChI=1S/C18H23N3O5/c22-15(13-1-3-16-14(11-13)20-18(24)12-26-16)2-4-17(23)19-5-6-21-7-9-25-10-8-21/h1,3,11H,2,4-10,12H2,(H,19,23)(H,20,24). The van der Waals surface area contributed by atoms with Crippen LogP contribution in [-0.4, -0.2) is 68.5 Å². The highest BCUT2D eigenvalue weighted by atomic mass is 16.5. The zero-order chi connectivity index (χ0) is 18.4. The monoisotopic (exact) mass is 361 g/mol. The van der Waals surface area contributed by atoms with Crippen LogP contribution in [0.15, 0.2) is 18.2 Å². The number of nitrogens with zero attached hydrogens (tertiary/aromatic N) is 1. The number of anilines is 1. The van der Waals surface area contributed by atoms with Gasteiger partial charge in [-0.25, -0.2) is 0 Å². The molecule has 1 fully saturated rings. The van der Waals surface area contributed by atoms with Gasteiger partial charge in [-0.15, -0.1) is 0 Å². The van der Waals surface area contributed by atoms with Crippen LogP contribution in [0.4, 0.5) is 5.69 Å². The number of ketones is 1. The number of benzene rings is 1. The molecule has 26 heavy (non-hydrogen) atoms. The quantitative estimate of drug-likeness (QED) is 0.684. The molecule has 2 heterocycles. The molecule has 0 aliphatic carbocycles. The van der Waals surface area contributed by atoms with E-state index >= 15 is 0 Å². The van der Waals surface area contributed by atoms with Crippen molar-refractivity contribution in [3.63, 3.8) is 0 Å². The Kier molecular flexibility index (Phi) is 6.19. The van der Waals surface area contributed by atoms with Crippen LogP contribution in [-0.2, 0) is 14.3 Å². The lowest BCUT2D eigenvalue weighted by Crippen LogP contribution is -2.41. The van der Waals surface area contributed by atoms with Crippen LogP contribution in [0.25, 0.3) is 0 Å². The first-order chi connectivity index (χ1) is 12.6. The van der Waals surface area contributed by atoms with Gasteiger partial charge in [-0.3, -0.25) is 19.3 Å². The van der Waals surface area contributed by atoms with E-state index in [0.717, 1.165) is 32.8 Å². The van der Waals surface area contributed by atoms with Gasteiger partial charge >= 0.3 is 0 Å². The molecule has 3 rings (SSSR count). The predicted octanol–water partition coefficient (Wildman–Crippen LogP) is 0.429. The second-order valence-electron chi connectivity index (χ2n) is 6.27. The summed E-state index contributed by atoms with van der Waals surface area (Å²) in [5.74, 6) is 0.0147. The molecule has 0 radical (unpaired) electrons. The van der Waals surface area contributed by atoms with Crippen molar-refractivity contribution in [2.75, 3.05) is 51.3 Å². The third-order valence-corrected chi connectivity index (χ3v) is 4.37. The zero-order valence-corrected chi connectivity index (χ0v) is 14.6. The molecule has 0 atom stereocenters. The van der Waals surface area contributed by atoms with Crippen molar-refractivity contribution < 1.29 is 23.9 Å². The van der Waals surface area contributed by atoms with Crippen molar-refractivity contribution in [1.82, 2.24) is 10.2 Å². The molecule has 1 aromatic carbocycles. The fraction of sp³-hybridized carbons (Fsp3) is 0.500. The number of fused-ring (bicyclic) bond motifs is 1. The third kappa shape index (κ3) is 5.03. The van der Waals surface area contributed by atoms with Gasteiger partial charge in [-0.1, -0.05) is 0 Å². The smallest absolute Gasteiger partial charge is 0.262 e. The maximum Gasteiger partial charge on any atom is 0.262 e. The van der Waals surface area contributed by atoms with E-state index < -0.39 is 0 Å². The number of Topliss-reactive ketones (excluding diaryl/α,β-unsaturated/α-hetero) is 1. The van der Waals surface area contributed by atoms with Gasteiger partial charge < -0.3 is 20.1 Å². The second-order valence-corrected chi connectivity index (χ2v) is 6.27. The van der Waals surface area contributed by atoms with Gasteiger partial charge in [0.25, 0.3) is 5.91 Å². The molecule has 140 valence electrons. The van der Waals surface area contributed by atoms with Crippen molar-refractivity contribution in [1.29, 1.82) is 0 Å². The number of rotatable bonds is 7. The summed E-state index contributed by atoms with van der Waals surface area (Å²) in [6.45, 7) is 4.55. The molecule has 2 amide bonds. The van der Waals surface area contributed by atoms with Gasteiger partial charge in [-0.2, -0.15) is 0 Å². The number of hydrogen-bond acceptors (Lipinski definition) is 6. The molecule has 8 nitrogen and oxygen atoms in total. The lowest BCUT2D eigenvalue weighted by Gasteiger charge is -2.26. The van der Waals surface area contributed by atoms with Crippen molar-refractivity contribution in [2.24, 2.45) is 0 Å². The molecule has 1 aromatic rings. The number of hydrogen-bond donors (Lipinski definition) is 2. The molecule has 0 aromatic heterocycles. The predicted molar refractivity (Wildman–Crippen MR) is 94.4 cm³/mol. The molecule has 2 aliphatic rings. The van der Waals surface area contributed by atoms with Crippen LogP contribution in [0.1, 0.15) is 23.2 Å². The van der Waals surface area contributed by atoms with Crippen LogP contribution in [0.2, 0.25) is 0 Å². The van der Waals surface area contributed by atoms with Crippen LogP contribution < -0.4 is 15.4 Å². The van der Waals surface area contributed by atoms with Gasteiger partial charge in [0.2, 0.25) is 5.91 Å². The molecule has 0 bridgehead atoms. The summed E-state index contributed by atoms with van der Waals surface area (Å²) in [6, 6.07) is 4.89. The average Bonchev–Trinajstić information content (AvgIpc) is 2.66. The Bertz CT molecular complexity index is 685. The largest absolute Gasteiger partial charge is 0.482 e. The van der Waals surface area contributed by atoms with E-state index in [1.54, 1.807) is 18.2 Å². The number of ether oxygens (including phenoxy) is 2. The Morgan fingerprint density at radius 3 is 2.81 bits per heavy atom. The maximum atomic E-state index is 12.3. The highest BCUT2D eigenvalue weighted by Crippen LogP contribution is 2.28. The van der Waals surface area contributed by atoms with Gasteiger partial charge in [-0.05, 0) is 18.2 Å². The molecule has 0 unspecified atom stereocenters. The van der Waals surface area contributed by atoms with Crippen LogP contribution >= 0.6 is 0 Å². The molecule has 8 heteroatoms. The first kappa shape index (κ1) is 18.3. The molecular weight excluding hydrogens is 338 g/mol. The first-order valence-electron chi connectivity index (χ1n) is 8.78. The highest BCUT2D eigenvalue weighted by molar-refractivity contribution is 6.01. The lowest BCUT2D eigenvalue weighted by atomic mass is 10.0. The fourth-order valence-corrected chi connectivity index (χ4v) is 2.89. The summed E-state index contributed by atoms with van der Waals surface area (Å²) < 4.78 is 10.5. The molecule has 0 saturated carbocycles. The van der Waals surface area contributed by atoms with E-state index in [9.17, 15) is 14.4 Å². The minimum absolute atomic E-state index is 0.0229. The normalized spacial score (nSPS) is 17.0. The third-order valence-electron chi connectivity index (χ3n) is 4.37. The van der Waals surface area contributed by atoms with Crippen molar-refractivity contribution in [3.8, 4) is 5.75 Å². The number of amides is 2. The second kappa shape index (κ2) is 8.77. The molecule has 2 N–H and O–H groups in total. The van der Waals surface area contributed by atoms with E-state index in [0.29, 0.717) is 23.5 Å². The van der Waals surface area contributed by atoms with E-state index in [1.165, 1.54) is 0 Å². The first-order valence-corrected chi connectivity index (χ1v) is 8.78. The minimum atomic E-state index is -0.248. The SMILES string of the molecule is O=C(CCC(=O)c1ccc2c(c1)NC(=O)CO2)NCCN1CCOCC1. The summed E-state index contributed by atoms with van der Waals surface area (Å²) in [4.78, 5) is 37.8.